The summed E-state index contributed by atoms with van der Waals surface area (Å²) in [4.78, 5) is 25.2. The third kappa shape index (κ3) is 34.7. The van der Waals surface area contributed by atoms with Gasteiger partial charge in [0, 0.05) is 12.8 Å². The van der Waals surface area contributed by atoms with Crippen LogP contribution in [0.15, 0.2) is 0 Å². The molecule has 0 radical (unpaired) electrons. The monoisotopic (exact) mass is 682 g/mol. The van der Waals surface area contributed by atoms with Crippen molar-refractivity contribution in [2.45, 2.75) is 225 Å². The SMILES string of the molecule is CCCCCCCCCCCCCCCCCC(=O)OCC(N)(C[N+](C)(C)C)OC(=O)CCCCCCCCCCCCCCCCC. The zero-order chi connectivity index (χ0) is 35.6. The Balaban J connectivity index is 3.94. The number of carbonyl (C=O) groups is 2. The molecule has 0 rings (SSSR count). The lowest BCUT2D eigenvalue weighted by atomic mass is 10.0. The Labute approximate surface area is 300 Å². The average molecular weight is 682 g/mol. The molecule has 0 amide bonds. The number of ether oxygens (including phenoxy) is 2. The molecule has 286 valence electrons. The van der Waals surface area contributed by atoms with Crippen molar-refractivity contribution in [3.05, 3.63) is 0 Å². The molecule has 0 aliphatic heterocycles. The Morgan fingerprint density at radius 1 is 0.458 bits per heavy atom. The molecule has 0 aromatic heterocycles. The molecular formula is C42H85N2O4+. The quantitative estimate of drug-likeness (QED) is 0.0305. The van der Waals surface area contributed by atoms with Gasteiger partial charge < -0.3 is 14.0 Å². The van der Waals surface area contributed by atoms with E-state index in [0.29, 0.717) is 23.9 Å². The lowest BCUT2D eigenvalue weighted by Gasteiger charge is -2.35. The summed E-state index contributed by atoms with van der Waals surface area (Å²) < 4.78 is 11.8. The molecule has 0 aliphatic rings. The summed E-state index contributed by atoms with van der Waals surface area (Å²) in [5.41, 5.74) is 5.23. The van der Waals surface area contributed by atoms with Crippen LogP contribution in [0.2, 0.25) is 0 Å². The van der Waals surface area contributed by atoms with Crippen LogP contribution in [0, 0.1) is 0 Å². The maximum atomic E-state index is 12.7. The highest BCUT2D eigenvalue weighted by Crippen LogP contribution is 2.17. The number of hydrogen-bond donors (Lipinski definition) is 1. The molecule has 6 heteroatoms. The minimum Gasteiger partial charge on any atom is -0.460 e. The second-order valence-electron chi connectivity index (χ2n) is 16.0. The van der Waals surface area contributed by atoms with Gasteiger partial charge in [0.05, 0.1) is 21.1 Å². The molecule has 1 unspecified atom stereocenters. The molecule has 0 aromatic rings. The molecule has 0 spiro atoms. The Kier molecular flexibility index (Phi) is 32.2. The van der Waals surface area contributed by atoms with Gasteiger partial charge in [0.25, 0.3) is 0 Å². The zero-order valence-corrected chi connectivity index (χ0v) is 33.2. The maximum Gasteiger partial charge on any atom is 0.307 e. The van der Waals surface area contributed by atoms with E-state index in [0.717, 1.165) is 32.1 Å². The lowest BCUT2D eigenvalue weighted by molar-refractivity contribution is -0.876. The third-order valence-corrected chi connectivity index (χ3v) is 9.51. The van der Waals surface area contributed by atoms with Crippen molar-refractivity contribution in [2.75, 3.05) is 34.3 Å². The number of nitrogens with two attached hydrogens (primary N) is 1. The van der Waals surface area contributed by atoms with Gasteiger partial charge in [-0.3, -0.25) is 15.3 Å². The highest BCUT2D eigenvalue weighted by molar-refractivity contribution is 5.70. The van der Waals surface area contributed by atoms with Gasteiger partial charge in [-0.05, 0) is 12.8 Å². The van der Waals surface area contributed by atoms with Crippen LogP contribution < -0.4 is 5.73 Å². The van der Waals surface area contributed by atoms with E-state index < -0.39 is 5.72 Å². The van der Waals surface area contributed by atoms with Crippen molar-refractivity contribution < 1.29 is 23.5 Å². The summed E-state index contributed by atoms with van der Waals surface area (Å²) in [7, 11) is 6.00. The number of rotatable bonds is 37. The molecule has 0 bridgehead atoms. The fourth-order valence-corrected chi connectivity index (χ4v) is 6.74. The molecule has 0 heterocycles. The van der Waals surface area contributed by atoms with Crippen molar-refractivity contribution in [2.24, 2.45) is 5.73 Å². The molecular weight excluding hydrogens is 596 g/mol. The number of hydrogen-bond acceptors (Lipinski definition) is 5. The van der Waals surface area contributed by atoms with E-state index in [1.54, 1.807) is 0 Å². The Bertz CT molecular complexity index is 723. The summed E-state index contributed by atoms with van der Waals surface area (Å²) in [6.45, 7) is 4.84. The highest BCUT2D eigenvalue weighted by Gasteiger charge is 2.37. The molecule has 0 fully saturated rings. The second-order valence-corrected chi connectivity index (χ2v) is 16.0. The second kappa shape index (κ2) is 33.0. The molecule has 48 heavy (non-hydrogen) atoms. The summed E-state index contributed by atoms with van der Waals surface area (Å²) in [6.07, 6.45) is 39.5. The Morgan fingerprint density at radius 3 is 1.02 bits per heavy atom. The topological polar surface area (TPSA) is 78.6 Å². The molecule has 6 nitrogen and oxygen atoms in total. The normalized spacial score (nSPS) is 13.0. The Morgan fingerprint density at radius 2 is 0.729 bits per heavy atom. The van der Waals surface area contributed by atoms with Crippen LogP contribution in [0.1, 0.15) is 219 Å². The minimum absolute atomic E-state index is 0.0926. The predicted octanol–water partition coefficient (Wildman–Crippen LogP) is 12.0. The standard InChI is InChI=1S/C42H85N2O4/c1-6-8-10-12-14-16-18-20-22-24-26-28-30-32-34-36-40(45)47-39-42(43,38-44(3,4)5)48-41(46)37-35-33-31-29-27-25-23-21-19-17-15-13-11-9-7-2/h6-39,43H2,1-5H3/q+1. The smallest absolute Gasteiger partial charge is 0.307 e. The first-order valence-corrected chi connectivity index (χ1v) is 21.1. The van der Waals surface area contributed by atoms with Crippen molar-refractivity contribution in [3.8, 4) is 0 Å². The van der Waals surface area contributed by atoms with E-state index in [4.69, 9.17) is 15.2 Å². The average Bonchev–Trinajstić information content (AvgIpc) is 3.03. The van der Waals surface area contributed by atoms with Crippen molar-refractivity contribution in [3.63, 3.8) is 0 Å². The fourth-order valence-electron chi connectivity index (χ4n) is 6.74. The van der Waals surface area contributed by atoms with E-state index in [9.17, 15) is 9.59 Å². The molecule has 2 N–H and O–H groups in total. The van der Waals surface area contributed by atoms with Gasteiger partial charge in [-0.2, -0.15) is 0 Å². The molecule has 0 saturated heterocycles. The van der Waals surface area contributed by atoms with Gasteiger partial charge in [-0.25, -0.2) is 0 Å². The number of nitrogens with zero attached hydrogens (tertiary/aromatic N) is 1. The predicted molar refractivity (Wildman–Crippen MR) is 206 cm³/mol. The number of likely N-dealkylation sites (N-methyl/N-ethyl adjacent to an activating group) is 1. The van der Waals surface area contributed by atoms with Crippen LogP contribution in [0.3, 0.4) is 0 Å². The third-order valence-electron chi connectivity index (χ3n) is 9.51. The Hall–Kier alpha value is -1.14. The molecule has 0 aromatic carbocycles. The zero-order valence-electron chi connectivity index (χ0n) is 33.2. The summed E-state index contributed by atoms with van der Waals surface area (Å²) >= 11 is 0. The first-order valence-electron chi connectivity index (χ1n) is 21.1. The van der Waals surface area contributed by atoms with Gasteiger partial charge in [0.1, 0.15) is 6.54 Å². The van der Waals surface area contributed by atoms with Gasteiger partial charge in [0.2, 0.25) is 5.72 Å². The number of esters is 2. The number of carbonyl (C=O) groups excluding carboxylic acids is 2. The van der Waals surface area contributed by atoms with E-state index >= 15 is 0 Å². The summed E-state index contributed by atoms with van der Waals surface area (Å²) in [5.74, 6) is -0.543. The van der Waals surface area contributed by atoms with Crippen molar-refractivity contribution in [1.82, 2.24) is 0 Å². The first kappa shape index (κ1) is 46.9. The van der Waals surface area contributed by atoms with Crippen LogP contribution in [0.4, 0.5) is 0 Å². The van der Waals surface area contributed by atoms with Crippen molar-refractivity contribution in [1.29, 1.82) is 0 Å². The number of quaternary nitrogens is 1. The molecule has 0 saturated carbocycles. The minimum atomic E-state index is -1.31. The van der Waals surface area contributed by atoms with E-state index in [1.807, 2.05) is 21.1 Å². The van der Waals surface area contributed by atoms with Crippen LogP contribution >= 0.6 is 0 Å². The molecule has 1 atom stereocenters. The number of unbranched alkanes of at least 4 members (excludes halogenated alkanes) is 28. The van der Waals surface area contributed by atoms with Gasteiger partial charge in [-0.1, -0.05) is 194 Å². The van der Waals surface area contributed by atoms with Gasteiger partial charge in [0.15, 0.2) is 6.61 Å². The lowest BCUT2D eigenvalue weighted by Crippen LogP contribution is -2.60. The largest absolute Gasteiger partial charge is 0.460 e. The summed E-state index contributed by atoms with van der Waals surface area (Å²) in [6, 6.07) is 0. The van der Waals surface area contributed by atoms with Gasteiger partial charge in [-0.15, -0.1) is 0 Å². The molecule has 0 aliphatic carbocycles. The van der Waals surface area contributed by atoms with E-state index in [1.165, 1.54) is 161 Å². The van der Waals surface area contributed by atoms with Gasteiger partial charge >= 0.3 is 11.9 Å². The van der Waals surface area contributed by atoms with E-state index in [-0.39, 0.29) is 18.5 Å². The van der Waals surface area contributed by atoms with Crippen LogP contribution in [-0.4, -0.2) is 56.4 Å². The van der Waals surface area contributed by atoms with Crippen LogP contribution in [0.25, 0.3) is 0 Å². The highest BCUT2D eigenvalue weighted by atomic mass is 16.6. The van der Waals surface area contributed by atoms with Crippen LogP contribution in [0.5, 0.6) is 0 Å². The first-order chi connectivity index (χ1) is 23.1. The van der Waals surface area contributed by atoms with Crippen molar-refractivity contribution >= 4 is 11.9 Å². The maximum absolute atomic E-state index is 12.7. The summed E-state index contributed by atoms with van der Waals surface area (Å²) in [5, 5.41) is 0. The van der Waals surface area contributed by atoms with Crippen LogP contribution in [-0.2, 0) is 19.1 Å². The van der Waals surface area contributed by atoms with E-state index in [2.05, 4.69) is 13.8 Å². The fraction of sp³-hybridized carbons (Fsp3) is 0.952.